The second-order valence-corrected chi connectivity index (χ2v) is 8.04. The van der Waals surface area contributed by atoms with E-state index in [2.05, 4.69) is 10.2 Å². The van der Waals surface area contributed by atoms with Gasteiger partial charge in [-0.3, -0.25) is 9.69 Å². The number of rotatable bonds is 4. The van der Waals surface area contributed by atoms with Gasteiger partial charge in [-0.1, -0.05) is 12.1 Å². The molecule has 0 aliphatic carbocycles. The van der Waals surface area contributed by atoms with Gasteiger partial charge in [0.05, 0.1) is 12.2 Å². The van der Waals surface area contributed by atoms with E-state index in [1.54, 1.807) is 11.9 Å². The highest BCUT2D eigenvalue weighted by Gasteiger charge is 2.59. The summed E-state index contributed by atoms with van der Waals surface area (Å²) < 4.78 is 38.0. The van der Waals surface area contributed by atoms with E-state index in [4.69, 9.17) is 0 Å². The summed E-state index contributed by atoms with van der Waals surface area (Å²) >= 11 is 0. The maximum atomic E-state index is 13.1. The number of hydrogen-bond donors (Lipinski definition) is 1. The maximum absolute atomic E-state index is 13.1. The smallest absolute Gasteiger partial charge is 0.322 e. The third kappa shape index (κ3) is 3.26. The Morgan fingerprint density at radius 3 is 2.36 bits per heavy atom. The molecule has 28 heavy (non-hydrogen) atoms. The van der Waals surface area contributed by atoms with E-state index in [0.717, 1.165) is 38.1 Å². The third-order valence-corrected chi connectivity index (χ3v) is 6.08. The fraction of sp³-hybridized carbons (Fsp3) is 0.579. The molecule has 9 heteroatoms. The zero-order chi connectivity index (χ0) is 20.1. The first-order valence-electron chi connectivity index (χ1n) is 9.40. The van der Waals surface area contributed by atoms with Gasteiger partial charge in [0.1, 0.15) is 5.54 Å². The number of nitrogens with one attached hydrogen (secondary N) is 1. The Labute approximate surface area is 161 Å². The molecule has 0 saturated carbocycles. The fourth-order valence-electron chi connectivity index (χ4n) is 4.63. The Morgan fingerprint density at radius 1 is 1.18 bits per heavy atom. The predicted octanol–water partition coefficient (Wildman–Crippen LogP) is 2.11. The van der Waals surface area contributed by atoms with Crippen molar-refractivity contribution >= 4 is 11.9 Å². The molecule has 0 radical (unpaired) electrons. The monoisotopic (exact) mass is 396 g/mol. The molecule has 1 aromatic rings. The molecule has 4 aliphatic rings. The summed E-state index contributed by atoms with van der Waals surface area (Å²) in [5.41, 5.74) is -0.833. The average Bonchev–Trinajstić information content (AvgIpc) is 2.86. The van der Waals surface area contributed by atoms with Gasteiger partial charge in [0.15, 0.2) is 0 Å². The highest BCUT2D eigenvalue weighted by Crippen LogP contribution is 2.39. The Bertz CT molecular complexity index is 774. The lowest BCUT2D eigenvalue weighted by Crippen LogP contribution is -2.67. The maximum Gasteiger partial charge on any atom is 0.416 e. The predicted molar refractivity (Wildman–Crippen MR) is 95.1 cm³/mol. The lowest BCUT2D eigenvalue weighted by Gasteiger charge is -2.49. The molecule has 1 atom stereocenters. The summed E-state index contributed by atoms with van der Waals surface area (Å²) in [6, 6.07) is 4.52. The molecule has 6 nitrogen and oxygen atoms in total. The molecule has 4 fully saturated rings. The molecule has 2 bridgehead atoms. The highest BCUT2D eigenvalue weighted by molar-refractivity contribution is 6.07. The standard InChI is InChI=1S/C19H23F3N4O2/c1-24(10-13-2-4-15(5-3-13)19(20,21)22)12-26-16(27)18(23-17(26)28)11-25-8-6-14(18)7-9-25/h2-5,14H,6-12H2,1H3,(H,23,28). The van der Waals surface area contributed by atoms with E-state index in [1.807, 2.05) is 0 Å². The molecule has 1 unspecified atom stereocenters. The highest BCUT2D eigenvalue weighted by atomic mass is 19.4. The average molecular weight is 396 g/mol. The molecule has 1 aromatic carbocycles. The minimum atomic E-state index is -4.37. The molecular weight excluding hydrogens is 373 g/mol. The van der Waals surface area contributed by atoms with Crippen LogP contribution in [0.25, 0.3) is 0 Å². The normalized spacial score (nSPS) is 29.8. The van der Waals surface area contributed by atoms with Crippen molar-refractivity contribution in [1.29, 1.82) is 0 Å². The van der Waals surface area contributed by atoms with Crippen LogP contribution in [0.5, 0.6) is 0 Å². The third-order valence-electron chi connectivity index (χ3n) is 6.08. The van der Waals surface area contributed by atoms with Gasteiger partial charge in [-0.2, -0.15) is 13.2 Å². The Kier molecular flexibility index (Phi) is 4.62. The number of imide groups is 1. The molecule has 4 heterocycles. The van der Waals surface area contributed by atoms with Gasteiger partial charge >= 0.3 is 12.2 Å². The minimum absolute atomic E-state index is 0.0974. The number of halogens is 3. The number of hydrogen-bond acceptors (Lipinski definition) is 4. The van der Waals surface area contributed by atoms with Gasteiger partial charge < -0.3 is 10.2 Å². The van der Waals surface area contributed by atoms with Crippen molar-refractivity contribution in [2.45, 2.75) is 31.1 Å². The number of benzene rings is 1. The van der Waals surface area contributed by atoms with Gasteiger partial charge in [-0.25, -0.2) is 9.69 Å². The molecule has 5 rings (SSSR count). The summed E-state index contributed by atoms with van der Waals surface area (Å²) in [5, 5.41) is 2.94. The fourth-order valence-corrected chi connectivity index (χ4v) is 4.63. The molecule has 3 amide bonds. The lowest BCUT2D eigenvalue weighted by molar-refractivity contribution is -0.140. The first-order chi connectivity index (χ1) is 13.2. The van der Waals surface area contributed by atoms with Crippen molar-refractivity contribution in [3.63, 3.8) is 0 Å². The summed E-state index contributed by atoms with van der Waals surface area (Å²) in [6.07, 6.45) is -2.56. The van der Waals surface area contributed by atoms with Gasteiger partial charge in [0.2, 0.25) is 0 Å². The quantitative estimate of drug-likeness (QED) is 0.793. The van der Waals surface area contributed by atoms with Crippen LogP contribution in [0.1, 0.15) is 24.0 Å². The molecule has 1 N–H and O–H groups in total. The van der Waals surface area contributed by atoms with E-state index < -0.39 is 23.3 Å². The first-order valence-corrected chi connectivity index (χ1v) is 9.40. The largest absolute Gasteiger partial charge is 0.416 e. The van der Waals surface area contributed by atoms with Gasteiger partial charge in [0.25, 0.3) is 5.91 Å². The van der Waals surface area contributed by atoms with Crippen LogP contribution in [0.4, 0.5) is 18.0 Å². The number of urea groups is 1. The number of alkyl halides is 3. The summed E-state index contributed by atoms with van der Waals surface area (Å²) in [7, 11) is 1.74. The molecule has 4 aliphatic heterocycles. The summed E-state index contributed by atoms with van der Waals surface area (Å²) in [4.78, 5) is 30.8. The van der Waals surface area contributed by atoms with Crippen LogP contribution in [-0.4, -0.2) is 65.5 Å². The van der Waals surface area contributed by atoms with Crippen molar-refractivity contribution < 1.29 is 22.8 Å². The van der Waals surface area contributed by atoms with Crippen LogP contribution in [0.2, 0.25) is 0 Å². The Morgan fingerprint density at radius 2 is 1.82 bits per heavy atom. The topological polar surface area (TPSA) is 55.9 Å². The van der Waals surface area contributed by atoms with Crippen LogP contribution in [0, 0.1) is 5.92 Å². The molecule has 1 spiro atoms. The van der Waals surface area contributed by atoms with E-state index in [1.165, 1.54) is 17.0 Å². The number of carbonyl (C=O) groups excluding carboxylic acids is 2. The number of carbonyl (C=O) groups is 2. The number of nitrogens with zero attached hydrogens (tertiary/aromatic N) is 3. The van der Waals surface area contributed by atoms with Crippen LogP contribution < -0.4 is 5.32 Å². The van der Waals surface area contributed by atoms with Crippen molar-refractivity contribution in [3.05, 3.63) is 35.4 Å². The summed E-state index contributed by atoms with van der Waals surface area (Å²) in [5.74, 6) is -0.0228. The first kappa shape index (κ1) is 19.2. The Balaban J connectivity index is 1.41. The SMILES string of the molecule is CN(Cc1ccc(C(F)(F)F)cc1)CN1C(=O)NC2(CN3CCC2CC3)C1=O. The van der Waals surface area contributed by atoms with Crippen LogP contribution >= 0.6 is 0 Å². The van der Waals surface area contributed by atoms with Crippen molar-refractivity contribution in [2.24, 2.45) is 5.92 Å². The van der Waals surface area contributed by atoms with Crippen molar-refractivity contribution in [2.75, 3.05) is 33.4 Å². The number of fused-ring (bicyclic) bond motifs is 2. The minimum Gasteiger partial charge on any atom is -0.322 e. The van der Waals surface area contributed by atoms with Gasteiger partial charge in [0, 0.05) is 13.1 Å². The van der Waals surface area contributed by atoms with Gasteiger partial charge in [-0.15, -0.1) is 0 Å². The van der Waals surface area contributed by atoms with Crippen LogP contribution in [0.15, 0.2) is 24.3 Å². The van der Waals surface area contributed by atoms with Crippen molar-refractivity contribution in [3.8, 4) is 0 Å². The summed E-state index contributed by atoms with van der Waals surface area (Å²) in [6.45, 7) is 2.91. The van der Waals surface area contributed by atoms with E-state index in [-0.39, 0.29) is 18.5 Å². The zero-order valence-corrected chi connectivity index (χ0v) is 15.6. The Hall–Kier alpha value is -2.13. The molecular formula is C19H23F3N4O2. The number of amides is 3. The van der Waals surface area contributed by atoms with Crippen LogP contribution in [0.3, 0.4) is 0 Å². The van der Waals surface area contributed by atoms with E-state index >= 15 is 0 Å². The molecule has 0 aromatic heterocycles. The van der Waals surface area contributed by atoms with E-state index in [0.29, 0.717) is 18.7 Å². The number of piperidine rings is 3. The molecule has 152 valence electrons. The van der Waals surface area contributed by atoms with Gasteiger partial charge in [-0.05, 0) is 56.6 Å². The second-order valence-electron chi connectivity index (χ2n) is 8.04. The molecule has 4 saturated heterocycles. The lowest BCUT2D eigenvalue weighted by atomic mass is 9.73. The van der Waals surface area contributed by atoms with E-state index in [9.17, 15) is 22.8 Å². The van der Waals surface area contributed by atoms with Crippen molar-refractivity contribution in [1.82, 2.24) is 20.0 Å². The zero-order valence-electron chi connectivity index (χ0n) is 15.6. The van der Waals surface area contributed by atoms with Crippen LogP contribution in [-0.2, 0) is 17.5 Å². The second kappa shape index (κ2) is 6.73.